The standard InChI is InChI=1S/C12H19N3O.3ClH/c1-14-5-7-15(8-6-14)10-3-4-11(13)12(9-10)16-2;;;/h3-4,9H,5-8,13H2,1-2H3;3*1H. The summed E-state index contributed by atoms with van der Waals surface area (Å²) >= 11 is 0. The van der Waals surface area contributed by atoms with E-state index in [1.165, 1.54) is 5.69 Å². The molecule has 0 amide bonds. The van der Waals surface area contributed by atoms with Crippen molar-refractivity contribution < 1.29 is 4.74 Å². The number of halogens is 3. The number of rotatable bonds is 2. The van der Waals surface area contributed by atoms with Crippen molar-refractivity contribution in [1.82, 2.24) is 4.90 Å². The molecule has 0 unspecified atom stereocenters. The molecule has 0 radical (unpaired) electrons. The molecule has 0 spiro atoms. The van der Waals surface area contributed by atoms with Gasteiger partial charge in [-0.25, -0.2) is 0 Å². The molecule has 4 nitrogen and oxygen atoms in total. The van der Waals surface area contributed by atoms with Crippen LogP contribution in [0.1, 0.15) is 0 Å². The molecule has 2 N–H and O–H groups in total. The fourth-order valence-corrected chi connectivity index (χ4v) is 1.96. The molecule has 112 valence electrons. The largest absolute Gasteiger partial charge is 0.495 e. The Labute approximate surface area is 133 Å². The SMILES string of the molecule is COc1cc(N2CCN(C)CC2)ccc1N.Cl.Cl.Cl. The van der Waals surface area contributed by atoms with Crippen molar-refractivity contribution in [2.45, 2.75) is 0 Å². The first-order valence-electron chi connectivity index (χ1n) is 5.57. The van der Waals surface area contributed by atoms with Gasteiger partial charge in [0.05, 0.1) is 12.8 Å². The lowest BCUT2D eigenvalue weighted by atomic mass is 10.2. The summed E-state index contributed by atoms with van der Waals surface area (Å²) in [5.41, 5.74) is 7.69. The number of hydrogen-bond acceptors (Lipinski definition) is 4. The van der Waals surface area contributed by atoms with Crippen LogP contribution >= 0.6 is 37.2 Å². The predicted octanol–water partition coefficient (Wildman–Crippen LogP) is 2.29. The fourth-order valence-electron chi connectivity index (χ4n) is 1.96. The van der Waals surface area contributed by atoms with Crippen molar-refractivity contribution >= 4 is 48.6 Å². The predicted molar refractivity (Wildman–Crippen MR) is 88.9 cm³/mol. The summed E-state index contributed by atoms with van der Waals surface area (Å²) in [6.45, 7) is 4.33. The summed E-state index contributed by atoms with van der Waals surface area (Å²) in [5, 5.41) is 0. The highest BCUT2D eigenvalue weighted by molar-refractivity contribution is 5.86. The minimum Gasteiger partial charge on any atom is -0.495 e. The number of piperazine rings is 1. The van der Waals surface area contributed by atoms with Crippen molar-refractivity contribution in [3.05, 3.63) is 18.2 Å². The zero-order valence-electron chi connectivity index (χ0n) is 11.2. The second-order valence-corrected chi connectivity index (χ2v) is 4.22. The van der Waals surface area contributed by atoms with Crippen molar-refractivity contribution in [3.63, 3.8) is 0 Å². The second kappa shape index (κ2) is 9.37. The molecule has 1 aromatic carbocycles. The van der Waals surface area contributed by atoms with Gasteiger partial charge in [0.15, 0.2) is 0 Å². The van der Waals surface area contributed by atoms with Gasteiger partial charge in [-0.15, -0.1) is 37.2 Å². The number of nitrogen functional groups attached to an aromatic ring is 1. The van der Waals surface area contributed by atoms with E-state index in [-0.39, 0.29) is 37.2 Å². The molecule has 1 aliphatic rings. The van der Waals surface area contributed by atoms with E-state index < -0.39 is 0 Å². The highest BCUT2D eigenvalue weighted by Crippen LogP contribution is 2.27. The normalized spacial score (nSPS) is 14.7. The summed E-state index contributed by atoms with van der Waals surface area (Å²) < 4.78 is 5.24. The monoisotopic (exact) mass is 329 g/mol. The maximum Gasteiger partial charge on any atom is 0.143 e. The zero-order chi connectivity index (χ0) is 11.5. The first-order valence-corrected chi connectivity index (χ1v) is 5.57. The number of methoxy groups -OCH3 is 1. The minimum absolute atomic E-state index is 0. The lowest BCUT2D eigenvalue weighted by Gasteiger charge is -2.34. The molecule has 1 aromatic rings. The lowest BCUT2D eigenvalue weighted by molar-refractivity contribution is 0.312. The van der Waals surface area contributed by atoms with Gasteiger partial charge in [0, 0.05) is 37.9 Å². The molecular formula is C12H22Cl3N3O. The van der Waals surface area contributed by atoms with Crippen LogP contribution in [-0.2, 0) is 0 Å². The van der Waals surface area contributed by atoms with E-state index >= 15 is 0 Å². The van der Waals surface area contributed by atoms with Gasteiger partial charge in [0.1, 0.15) is 5.75 Å². The van der Waals surface area contributed by atoms with Crippen molar-refractivity contribution in [3.8, 4) is 5.75 Å². The van der Waals surface area contributed by atoms with Gasteiger partial charge in [-0.3, -0.25) is 0 Å². The van der Waals surface area contributed by atoms with E-state index in [2.05, 4.69) is 22.9 Å². The molecular weight excluding hydrogens is 309 g/mol. The van der Waals surface area contributed by atoms with E-state index in [1.54, 1.807) is 7.11 Å². The van der Waals surface area contributed by atoms with Crippen molar-refractivity contribution in [2.75, 3.05) is 51.0 Å². The Bertz CT molecular complexity index is 371. The van der Waals surface area contributed by atoms with Crippen LogP contribution < -0.4 is 15.4 Å². The van der Waals surface area contributed by atoms with E-state index in [9.17, 15) is 0 Å². The number of anilines is 2. The third-order valence-corrected chi connectivity index (χ3v) is 3.09. The van der Waals surface area contributed by atoms with Gasteiger partial charge in [-0.2, -0.15) is 0 Å². The Balaban J connectivity index is 0. The molecule has 1 saturated heterocycles. The maximum absolute atomic E-state index is 5.80. The number of ether oxygens (including phenoxy) is 1. The highest BCUT2D eigenvalue weighted by Gasteiger charge is 2.15. The molecule has 19 heavy (non-hydrogen) atoms. The van der Waals surface area contributed by atoms with Crippen LogP contribution in [0.3, 0.4) is 0 Å². The molecule has 2 rings (SSSR count). The van der Waals surface area contributed by atoms with Crippen LogP contribution in [0.15, 0.2) is 18.2 Å². The summed E-state index contributed by atoms with van der Waals surface area (Å²) in [6.07, 6.45) is 0. The first-order chi connectivity index (χ1) is 7.70. The molecule has 1 fully saturated rings. The van der Waals surface area contributed by atoms with Crippen LogP contribution in [0.5, 0.6) is 5.75 Å². The van der Waals surface area contributed by atoms with Crippen LogP contribution in [0.4, 0.5) is 11.4 Å². The average molecular weight is 331 g/mol. The Hall–Kier alpha value is -0.550. The second-order valence-electron chi connectivity index (χ2n) is 4.22. The van der Waals surface area contributed by atoms with Gasteiger partial charge < -0.3 is 20.3 Å². The Morgan fingerprint density at radius 2 is 1.63 bits per heavy atom. The number of nitrogens with two attached hydrogens (primary N) is 1. The first kappa shape index (κ1) is 20.8. The van der Waals surface area contributed by atoms with Gasteiger partial charge in [0.2, 0.25) is 0 Å². The Morgan fingerprint density at radius 1 is 1.05 bits per heavy atom. The van der Waals surface area contributed by atoms with Gasteiger partial charge in [-0.1, -0.05) is 0 Å². The van der Waals surface area contributed by atoms with Gasteiger partial charge in [0.25, 0.3) is 0 Å². The summed E-state index contributed by atoms with van der Waals surface area (Å²) in [6, 6.07) is 5.98. The third-order valence-electron chi connectivity index (χ3n) is 3.09. The van der Waals surface area contributed by atoms with E-state index in [4.69, 9.17) is 10.5 Å². The van der Waals surface area contributed by atoms with Crippen LogP contribution in [0.2, 0.25) is 0 Å². The number of benzene rings is 1. The zero-order valence-corrected chi connectivity index (χ0v) is 13.6. The summed E-state index contributed by atoms with van der Waals surface area (Å²) in [4.78, 5) is 4.70. The number of likely N-dealkylation sites (N-methyl/N-ethyl adjacent to an activating group) is 1. The van der Waals surface area contributed by atoms with E-state index in [0.717, 1.165) is 31.9 Å². The summed E-state index contributed by atoms with van der Waals surface area (Å²) in [5.74, 6) is 0.761. The van der Waals surface area contributed by atoms with Crippen LogP contribution in [0.25, 0.3) is 0 Å². The maximum atomic E-state index is 5.80. The fraction of sp³-hybridized carbons (Fsp3) is 0.500. The number of hydrogen-bond donors (Lipinski definition) is 1. The van der Waals surface area contributed by atoms with Crippen molar-refractivity contribution in [1.29, 1.82) is 0 Å². The molecule has 0 saturated carbocycles. The highest BCUT2D eigenvalue weighted by atomic mass is 35.5. The van der Waals surface area contributed by atoms with Crippen LogP contribution in [0, 0.1) is 0 Å². The van der Waals surface area contributed by atoms with E-state index in [0.29, 0.717) is 5.69 Å². The topological polar surface area (TPSA) is 41.7 Å². The van der Waals surface area contributed by atoms with Crippen molar-refractivity contribution in [2.24, 2.45) is 0 Å². The summed E-state index contributed by atoms with van der Waals surface area (Å²) in [7, 11) is 3.81. The van der Waals surface area contributed by atoms with Gasteiger partial charge in [-0.05, 0) is 19.2 Å². The van der Waals surface area contributed by atoms with E-state index in [1.807, 2.05) is 12.1 Å². The van der Waals surface area contributed by atoms with Gasteiger partial charge >= 0.3 is 0 Å². The van der Waals surface area contributed by atoms with Crippen LogP contribution in [-0.4, -0.2) is 45.2 Å². The Morgan fingerprint density at radius 3 is 2.16 bits per heavy atom. The molecule has 7 heteroatoms. The molecule has 1 heterocycles. The molecule has 0 bridgehead atoms. The Kier molecular flexibility index (Phi) is 10.2. The molecule has 1 aliphatic heterocycles. The molecule has 0 aliphatic carbocycles. The number of nitrogens with zero attached hydrogens (tertiary/aromatic N) is 2. The third kappa shape index (κ3) is 5.15. The quantitative estimate of drug-likeness (QED) is 0.845. The average Bonchev–Trinajstić information content (AvgIpc) is 2.31. The molecule has 0 aromatic heterocycles. The smallest absolute Gasteiger partial charge is 0.143 e. The lowest BCUT2D eigenvalue weighted by Crippen LogP contribution is -2.44. The molecule has 0 atom stereocenters. The minimum atomic E-state index is 0.